The first-order valence-electron chi connectivity index (χ1n) is 6.57. The molecule has 0 unspecified atom stereocenters. The summed E-state index contributed by atoms with van der Waals surface area (Å²) in [4.78, 5) is 22.5. The Hall–Kier alpha value is -3.01. The molecule has 0 atom stereocenters. The second-order valence-corrected chi connectivity index (χ2v) is 4.40. The van der Waals surface area contributed by atoms with Gasteiger partial charge < -0.3 is 0 Å². The average Bonchev–Trinajstić information content (AvgIpc) is 2.58. The van der Waals surface area contributed by atoms with Gasteiger partial charge in [-0.3, -0.25) is 14.7 Å². The van der Waals surface area contributed by atoms with Gasteiger partial charge in [0.25, 0.3) is 5.91 Å². The Morgan fingerprint density at radius 3 is 1.86 bits per heavy atom. The van der Waals surface area contributed by atoms with E-state index >= 15 is 0 Å². The summed E-state index contributed by atoms with van der Waals surface area (Å²) in [6.07, 6.45) is 4.54. The van der Waals surface area contributed by atoms with Crippen molar-refractivity contribution in [3.63, 3.8) is 0 Å². The minimum Gasteiger partial charge on any atom is -0.276 e. The molecule has 3 aromatic rings. The highest BCUT2D eigenvalue weighted by Crippen LogP contribution is 2.26. The van der Waals surface area contributed by atoms with Gasteiger partial charge in [-0.2, -0.15) is 0 Å². The maximum Gasteiger partial charge on any atom is 0.283 e. The van der Waals surface area contributed by atoms with Crippen LogP contribution in [0.25, 0.3) is 0 Å². The number of benzene rings is 2. The monoisotopic (exact) mass is 275 g/mol. The van der Waals surface area contributed by atoms with E-state index in [-0.39, 0.29) is 5.91 Å². The Bertz CT molecular complexity index is 675. The Balaban J connectivity index is 2.07. The van der Waals surface area contributed by atoms with E-state index in [0.29, 0.717) is 5.69 Å². The number of amides is 1. The minimum absolute atomic E-state index is 0.208. The van der Waals surface area contributed by atoms with E-state index < -0.39 is 0 Å². The van der Waals surface area contributed by atoms with Crippen molar-refractivity contribution >= 4 is 17.3 Å². The van der Waals surface area contributed by atoms with Crippen LogP contribution in [-0.2, 0) is 0 Å². The van der Waals surface area contributed by atoms with E-state index in [2.05, 4.69) is 9.97 Å². The SMILES string of the molecule is O=C(c1cnccn1)N(c1ccccc1)c1ccccc1. The molecule has 4 heteroatoms. The molecule has 1 heterocycles. The average molecular weight is 275 g/mol. The Morgan fingerprint density at radius 1 is 0.810 bits per heavy atom. The van der Waals surface area contributed by atoms with E-state index in [1.54, 1.807) is 11.1 Å². The van der Waals surface area contributed by atoms with Crippen LogP contribution in [0, 0.1) is 0 Å². The minimum atomic E-state index is -0.208. The Labute approximate surface area is 122 Å². The Kier molecular flexibility index (Phi) is 3.69. The fraction of sp³-hybridized carbons (Fsp3) is 0. The van der Waals surface area contributed by atoms with Crippen LogP contribution < -0.4 is 4.90 Å². The molecule has 3 rings (SSSR count). The van der Waals surface area contributed by atoms with Gasteiger partial charge in [0, 0.05) is 23.8 Å². The number of aromatic nitrogens is 2. The van der Waals surface area contributed by atoms with Crippen molar-refractivity contribution in [3.8, 4) is 0 Å². The lowest BCUT2D eigenvalue weighted by molar-refractivity contribution is 0.0994. The summed E-state index contributed by atoms with van der Waals surface area (Å²) in [5.41, 5.74) is 1.89. The van der Waals surface area contributed by atoms with Crippen molar-refractivity contribution < 1.29 is 4.79 Å². The normalized spacial score (nSPS) is 10.1. The van der Waals surface area contributed by atoms with Crippen molar-refractivity contribution in [2.75, 3.05) is 4.90 Å². The molecule has 0 bridgehead atoms. The van der Waals surface area contributed by atoms with Crippen LogP contribution >= 0.6 is 0 Å². The molecule has 1 amide bonds. The summed E-state index contributed by atoms with van der Waals surface area (Å²) >= 11 is 0. The molecule has 102 valence electrons. The number of nitrogens with zero attached hydrogens (tertiary/aromatic N) is 3. The lowest BCUT2D eigenvalue weighted by atomic mass is 10.2. The van der Waals surface area contributed by atoms with Gasteiger partial charge >= 0.3 is 0 Å². The van der Waals surface area contributed by atoms with Crippen LogP contribution in [-0.4, -0.2) is 15.9 Å². The molecule has 4 nitrogen and oxygen atoms in total. The molecule has 0 radical (unpaired) electrons. The van der Waals surface area contributed by atoms with Crippen molar-refractivity contribution in [2.24, 2.45) is 0 Å². The highest BCUT2D eigenvalue weighted by atomic mass is 16.2. The van der Waals surface area contributed by atoms with Crippen LogP contribution in [0.2, 0.25) is 0 Å². The van der Waals surface area contributed by atoms with Crippen LogP contribution in [0.15, 0.2) is 79.3 Å². The van der Waals surface area contributed by atoms with Crippen molar-refractivity contribution in [1.29, 1.82) is 0 Å². The molecule has 0 saturated heterocycles. The van der Waals surface area contributed by atoms with Gasteiger partial charge in [-0.05, 0) is 24.3 Å². The molecule has 2 aromatic carbocycles. The molecular weight excluding hydrogens is 262 g/mol. The number of para-hydroxylation sites is 2. The topological polar surface area (TPSA) is 46.1 Å². The number of anilines is 2. The van der Waals surface area contributed by atoms with Gasteiger partial charge in [0.15, 0.2) is 0 Å². The standard InChI is InChI=1S/C17H13N3O/c21-17(16-13-18-11-12-19-16)20(14-7-3-1-4-8-14)15-9-5-2-6-10-15/h1-13H. The summed E-state index contributed by atoms with van der Waals surface area (Å²) in [7, 11) is 0. The van der Waals surface area contributed by atoms with Gasteiger partial charge in [-0.15, -0.1) is 0 Å². The number of hydrogen-bond acceptors (Lipinski definition) is 3. The smallest absolute Gasteiger partial charge is 0.276 e. The number of hydrogen-bond donors (Lipinski definition) is 0. The largest absolute Gasteiger partial charge is 0.283 e. The summed E-state index contributed by atoms with van der Waals surface area (Å²) in [6, 6.07) is 19.0. The molecule has 0 aliphatic heterocycles. The molecule has 0 saturated carbocycles. The molecule has 21 heavy (non-hydrogen) atoms. The summed E-state index contributed by atoms with van der Waals surface area (Å²) in [5, 5.41) is 0. The molecule has 0 N–H and O–H groups in total. The van der Waals surface area contributed by atoms with Crippen LogP contribution in [0.4, 0.5) is 11.4 Å². The van der Waals surface area contributed by atoms with Crippen molar-refractivity contribution in [3.05, 3.63) is 84.9 Å². The van der Waals surface area contributed by atoms with E-state index in [1.807, 2.05) is 60.7 Å². The van der Waals surface area contributed by atoms with Crippen molar-refractivity contribution in [2.45, 2.75) is 0 Å². The molecule has 0 aliphatic carbocycles. The van der Waals surface area contributed by atoms with Crippen LogP contribution in [0.1, 0.15) is 10.5 Å². The maximum atomic E-state index is 12.8. The van der Waals surface area contributed by atoms with E-state index in [1.165, 1.54) is 12.4 Å². The third-order valence-electron chi connectivity index (χ3n) is 3.01. The summed E-state index contributed by atoms with van der Waals surface area (Å²) in [6.45, 7) is 0. The summed E-state index contributed by atoms with van der Waals surface area (Å²) in [5.74, 6) is -0.208. The second kappa shape index (κ2) is 5.96. The lowest BCUT2D eigenvalue weighted by Crippen LogP contribution is -2.26. The highest BCUT2D eigenvalue weighted by Gasteiger charge is 2.20. The summed E-state index contributed by atoms with van der Waals surface area (Å²) < 4.78 is 0. The second-order valence-electron chi connectivity index (χ2n) is 4.40. The molecular formula is C17H13N3O. The van der Waals surface area contributed by atoms with E-state index in [9.17, 15) is 4.79 Å². The fourth-order valence-corrected chi connectivity index (χ4v) is 2.06. The van der Waals surface area contributed by atoms with E-state index in [4.69, 9.17) is 0 Å². The number of carbonyl (C=O) groups excluding carboxylic acids is 1. The first-order chi connectivity index (χ1) is 10.4. The van der Waals surface area contributed by atoms with Gasteiger partial charge in [0.05, 0.1) is 6.20 Å². The lowest BCUT2D eigenvalue weighted by Gasteiger charge is -2.22. The van der Waals surface area contributed by atoms with Gasteiger partial charge in [0.2, 0.25) is 0 Å². The molecule has 0 fully saturated rings. The van der Waals surface area contributed by atoms with Gasteiger partial charge in [-0.25, -0.2) is 4.98 Å². The number of rotatable bonds is 3. The zero-order chi connectivity index (χ0) is 14.5. The Morgan fingerprint density at radius 2 is 1.38 bits per heavy atom. The number of carbonyl (C=O) groups is 1. The first kappa shape index (κ1) is 13.0. The highest BCUT2D eigenvalue weighted by molar-refractivity contribution is 6.09. The predicted octanol–water partition coefficient (Wildman–Crippen LogP) is 3.46. The van der Waals surface area contributed by atoms with Crippen LogP contribution in [0.3, 0.4) is 0 Å². The fourth-order valence-electron chi connectivity index (χ4n) is 2.06. The van der Waals surface area contributed by atoms with Gasteiger partial charge in [-0.1, -0.05) is 36.4 Å². The van der Waals surface area contributed by atoms with E-state index in [0.717, 1.165) is 11.4 Å². The van der Waals surface area contributed by atoms with Gasteiger partial charge in [0.1, 0.15) is 5.69 Å². The predicted molar refractivity (Wildman–Crippen MR) is 81.4 cm³/mol. The third kappa shape index (κ3) is 2.79. The van der Waals surface area contributed by atoms with Crippen molar-refractivity contribution in [1.82, 2.24) is 9.97 Å². The molecule has 0 spiro atoms. The quantitative estimate of drug-likeness (QED) is 0.735. The molecule has 1 aromatic heterocycles. The third-order valence-corrected chi connectivity index (χ3v) is 3.01. The molecule has 0 aliphatic rings. The maximum absolute atomic E-state index is 12.8. The van der Waals surface area contributed by atoms with Crippen LogP contribution in [0.5, 0.6) is 0 Å². The first-order valence-corrected chi connectivity index (χ1v) is 6.57. The zero-order valence-corrected chi connectivity index (χ0v) is 11.3. The zero-order valence-electron chi connectivity index (χ0n) is 11.3.